The molecule has 122 valence electrons. The quantitative estimate of drug-likeness (QED) is 0.946. The molecule has 23 heavy (non-hydrogen) atoms. The van der Waals surface area contributed by atoms with Gasteiger partial charge in [0.2, 0.25) is 5.91 Å². The van der Waals surface area contributed by atoms with E-state index in [1.165, 1.54) is 6.42 Å². The van der Waals surface area contributed by atoms with Crippen LogP contribution in [0.5, 0.6) is 0 Å². The minimum atomic E-state index is -0.508. The summed E-state index contributed by atoms with van der Waals surface area (Å²) in [5.74, 6) is -0.200. The molecule has 1 N–H and O–H groups in total. The van der Waals surface area contributed by atoms with Crippen molar-refractivity contribution in [2.24, 2.45) is 0 Å². The molecule has 0 spiro atoms. The second kappa shape index (κ2) is 6.44. The number of fused-ring (bicyclic) bond motifs is 1. The highest BCUT2D eigenvalue weighted by atomic mass is 16.2. The van der Waals surface area contributed by atoms with E-state index in [2.05, 4.69) is 12.2 Å². The molecule has 2 aromatic heterocycles. The Morgan fingerprint density at radius 3 is 2.87 bits per heavy atom. The number of carbonyl (C=O) groups excluding carboxylic acids is 2. The Morgan fingerprint density at radius 1 is 1.30 bits per heavy atom. The molecular formula is C18H23N3O2. The molecule has 0 aromatic carbocycles. The van der Waals surface area contributed by atoms with E-state index in [1.807, 2.05) is 39.8 Å². The molecule has 0 aliphatic carbocycles. The highest BCUT2D eigenvalue weighted by Crippen LogP contribution is 2.17. The van der Waals surface area contributed by atoms with Crippen molar-refractivity contribution in [3.05, 3.63) is 42.2 Å². The average Bonchev–Trinajstić information content (AvgIpc) is 2.99. The first-order valence-corrected chi connectivity index (χ1v) is 8.24. The van der Waals surface area contributed by atoms with Crippen LogP contribution in [0.4, 0.5) is 0 Å². The Morgan fingerprint density at radius 2 is 2.13 bits per heavy atom. The molecule has 1 fully saturated rings. The molecular weight excluding hydrogens is 290 g/mol. The summed E-state index contributed by atoms with van der Waals surface area (Å²) >= 11 is 0. The SMILES string of the molecule is CC(NC(=O)c1cc2ccccn2c1)C(=O)N1CCCCC1C. The lowest BCUT2D eigenvalue weighted by Gasteiger charge is -2.35. The van der Waals surface area contributed by atoms with Gasteiger partial charge in [-0.2, -0.15) is 0 Å². The fraction of sp³-hybridized carbons (Fsp3) is 0.444. The van der Waals surface area contributed by atoms with Gasteiger partial charge in [0.05, 0.1) is 5.56 Å². The van der Waals surface area contributed by atoms with Gasteiger partial charge in [-0.05, 0) is 51.3 Å². The van der Waals surface area contributed by atoms with E-state index in [0.29, 0.717) is 5.56 Å². The van der Waals surface area contributed by atoms with Crippen LogP contribution in [0, 0.1) is 0 Å². The Labute approximate surface area is 136 Å². The Bertz CT molecular complexity index is 689. The summed E-state index contributed by atoms with van der Waals surface area (Å²) in [7, 11) is 0. The van der Waals surface area contributed by atoms with Gasteiger partial charge in [-0.1, -0.05) is 6.07 Å². The minimum Gasteiger partial charge on any atom is -0.340 e. The number of carbonyl (C=O) groups is 2. The van der Waals surface area contributed by atoms with Crippen molar-refractivity contribution in [1.29, 1.82) is 0 Å². The van der Waals surface area contributed by atoms with Crippen LogP contribution < -0.4 is 5.32 Å². The van der Waals surface area contributed by atoms with Crippen LogP contribution in [0.2, 0.25) is 0 Å². The zero-order chi connectivity index (χ0) is 16.4. The Kier molecular flexibility index (Phi) is 4.37. The predicted molar refractivity (Wildman–Crippen MR) is 89.4 cm³/mol. The number of nitrogens with zero attached hydrogens (tertiary/aromatic N) is 2. The van der Waals surface area contributed by atoms with E-state index in [4.69, 9.17) is 0 Å². The molecule has 2 atom stereocenters. The molecule has 1 aliphatic rings. The number of hydrogen-bond donors (Lipinski definition) is 1. The molecule has 5 heteroatoms. The van der Waals surface area contributed by atoms with Crippen molar-refractivity contribution in [3.63, 3.8) is 0 Å². The van der Waals surface area contributed by atoms with Gasteiger partial charge in [-0.25, -0.2) is 0 Å². The number of aromatic nitrogens is 1. The number of pyridine rings is 1. The van der Waals surface area contributed by atoms with Crippen LogP contribution in [0.1, 0.15) is 43.5 Å². The zero-order valence-electron chi connectivity index (χ0n) is 13.7. The van der Waals surface area contributed by atoms with Crippen molar-refractivity contribution in [1.82, 2.24) is 14.6 Å². The molecule has 3 heterocycles. The van der Waals surface area contributed by atoms with Gasteiger partial charge in [0, 0.05) is 30.5 Å². The van der Waals surface area contributed by atoms with E-state index in [-0.39, 0.29) is 17.9 Å². The average molecular weight is 313 g/mol. The zero-order valence-corrected chi connectivity index (χ0v) is 13.7. The first kappa shape index (κ1) is 15.6. The summed E-state index contributed by atoms with van der Waals surface area (Å²) in [5, 5.41) is 2.83. The van der Waals surface area contributed by atoms with Gasteiger partial charge in [0.1, 0.15) is 6.04 Å². The Balaban J connectivity index is 1.67. The van der Waals surface area contributed by atoms with Crippen LogP contribution in [-0.2, 0) is 4.79 Å². The third kappa shape index (κ3) is 3.23. The number of amides is 2. The monoisotopic (exact) mass is 313 g/mol. The highest BCUT2D eigenvalue weighted by molar-refractivity contribution is 5.98. The molecule has 2 amide bonds. The van der Waals surface area contributed by atoms with Gasteiger partial charge in [0.25, 0.3) is 5.91 Å². The van der Waals surface area contributed by atoms with Gasteiger partial charge in [0.15, 0.2) is 0 Å². The minimum absolute atomic E-state index is 0.00862. The van der Waals surface area contributed by atoms with Crippen LogP contribution in [0.3, 0.4) is 0 Å². The van der Waals surface area contributed by atoms with Crippen molar-refractivity contribution in [3.8, 4) is 0 Å². The van der Waals surface area contributed by atoms with Crippen LogP contribution >= 0.6 is 0 Å². The van der Waals surface area contributed by atoms with Crippen LogP contribution in [-0.4, -0.2) is 39.7 Å². The summed E-state index contributed by atoms with van der Waals surface area (Å²) in [6.45, 7) is 4.62. The smallest absolute Gasteiger partial charge is 0.253 e. The molecule has 0 radical (unpaired) electrons. The largest absolute Gasteiger partial charge is 0.340 e. The molecule has 0 saturated carbocycles. The second-order valence-corrected chi connectivity index (χ2v) is 6.33. The third-order valence-corrected chi connectivity index (χ3v) is 4.57. The topological polar surface area (TPSA) is 53.8 Å². The second-order valence-electron chi connectivity index (χ2n) is 6.33. The molecule has 3 rings (SSSR count). The normalized spacial score (nSPS) is 19.6. The Hall–Kier alpha value is -2.30. The maximum Gasteiger partial charge on any atom is 0.253 e. The van der Waals surface area contributed by atoms with Gasteiger partial charge in [-0.3, -0.25) is 9.59 Å². The third-order valence-electron chi connectivity index (χ3n) is 4.57. The van der Waals surface area contributed by atoms with Crippen molar-refractivity contribution in [2.75, 3.05) is 6.54 Å². The number of likely N-dealkylation sites (tertiary alicyclic amines) is 1. The summed E-state index contributed by atoms with van der Waals surface area (Å²) in [5.41, 5.74) is 1.53. The maximum atomic E-state index is 12.6. The summed E-state index contributed by atoms with van der Waals surface area (Å²) in [6, 6.07) is 7.37. The van der Waals surface area contributed by atoms with Crippen molar-refractivity contribution >= 4 is 17.3 Å². The molecule has 2 aromatic rings. The summed E-state index contributed by atoms with van der Waals surface area (Å²) in [4.78, 5) is 26.8. The molecule has 1 aliphatic heterocycles. The van der Waals surface area contributed by atoms with E-state index in [9.17, 15) is 9.59 Å². The number of rotatable bonds is 3. The number of piperidine rings is 1. The van der Waals surface area contributed by atoms with Crippen LogP contribution in [0.25, 0.3) is 5.52 Å². The lowest BCUT2D eigenvalue weighted by molar-refractivity contribution is -0.136. The summed E-state index contributed by atoms with van der Waals surface area (Å²) in [6.07, 6.45) is 6.93. The lowest BCUT2D eigenvalue weighted by Crippen LogP contribution is -2.51. The fourth-order valence-corrected chi connectivity index (χ4v) is 3.20. The summed E-state index contributed by atoms with van der Waals surface area (Å²) < 4.78 is 1.90. The van der Waals surface area contributed by atoms with Gasteiger partial charge in [-0.15, -0.1) is 0 Å². The molecule has 5 nitrogen and oxygen atoms in total. The van der Waals surface area contributed by atoms with E-state index in [1.54, 1.807) is 13.1 Å². The predicted octanol–water partition coefficient (Wildman–Crippen LogP) is 2.46. The molecule has 1 saturated heterocycles. The van der Waals surface area contributed by atoms with Crippen LogP contribution in [0.15, 0.2) is 36.7 Å². The van der Waals surface area contributed by atoms with E-state index >= 15 is 0 Å². The number of nitrogens with one attached hydrogen (secondary N) is 1. The first-order valence-electron chi connectivity index (χ1n) is 8.24. The fourth-order valence-electron chi connectivity index (χ4n) is 3.20. The van der Waals surface area contributed by atoms with Gasteiger partial charge >= 0.3 is 0 Å². The lowest BCUT2D eigenvalue weighted by atomic mass is 10.0. The highest BCUT2D eigenvalue weighted by Gasteiger charge is 2.28. The van der Waals surface area contributed by atoms with E-state index < -0.39 is 6.04 Å². The van der Waals surface area contributed by atoms with Crippen molar-refractivity contribution < 1.29 is 9.59 Å². The maximum absolute atomic E-state index is 12.6. The molecule has 2 unspecified atom stereocenters. The van der Waals surface area contributed by atoms with E-state index in [0.717, 1.165) is 24.9 Å². The first-order chi connectivity index (χ1) is 11.1. The van der Waals surface area contributed by atoms with Crippen molar-refractivity contribution in [2.45, 2.75) is 45.2 Å². The standard InChI is InChI=1S/C18H23N3O2/c1-13-7-3-6-10-21(13)18(23)14(2)19-17(22)15-11-16-8-4-5-9-20(16)12-15/h4-5,8-9,11-14H,3,6-7,10H2,1-2H3,(H,19,22). The van der Waals surface area contributed by atoms with Gasteiger partial charge < -0.3 is 14.6 Å². The number of hydrogen-bond acceptors (Lipinski definition) is 2. The molecule has 0 bridgehead atoms.